The molecule has 0 aliphatic heterocycles. The zero-order chi connectivity index (χ0) is 16.5. The maximum Gasteiger partial charge on any atom is 0.306 e. The lowest BCUT2D eigenvalue weighted by molar-refractivity contribution is -0.141. The fraction of sp³-hybridized carbons (Fsp3) is 0.400. The molecule has 7 heteroatoms. The Hall–Kier alpha value is -2.02. The Morgan fingerprint density at radius 1 is 1.27 bits per heavy atom. The van der Waals surface area contributed by atoms with E-state index in [4.69, 9.17) is 10.5 Å². The molecule has 2 N–H and O–H groups in total. The fourth-order valence-electron chi connectivity index (χ4n) is 1.72. The van der Waals surface area contributed by atoms with Crippen molar-refractivity contribution in [2.24, 2.45) is 5.73 Å². The summed E-state index contributed by atoms with van der Waals surface area (Å²) in [5.74, 6) is -0.997. The molecule has 0 aromatic heterocycles. The molecular weight excluding hydrogens is 304 g/mol. The number of primary amides is 1. The molecule has 0 fully saturated rings. The fourth-order valence-corrected chi connectivity index (χ4v) is 2.52. The van der Waals surface area contributed by atoms with Crippen molar-refractivity contribution < 1.29 is 19.1 Å². The number of carbonyl (C=O) groups excluding carboxylic acids is 3. The molecule has 2 amide bonds. The van der Waals surface area contributed by atoms with Crippen molar-refractivity contribution in [2.75, 3.05) is 19.5 Å². The van der Waals surface area contributed by atoms with Crippen LogP contribution >= 0.6 is 11.8 Å². The van der Waals surface area contributed by atoms with Gasteiger partial charge in [-0.2, -0.15) is 0 Å². The SMILES string of the molecule is CCCC(=O)OCSc1ccccc1C(=O)N(C)CC(N)=O. The first kappa shape index (κ1) is 18.0. The predicted molar refractivity (Wildman–Crippen MR) is 84.3 cm³/mol. The normalized spacial score (nSPS) is 10.1. The minimum Gasteiger partial charge on any atom is -0.454 e. The second kappa shape index (κ2) is 9.09. The maximum atomic E-state index is 12.3. The van der Waals surface area contributed by atoms with Crippen molar-refractivity contribution in [1.82, 2.24) is 4.90 Å². The van der Waals surface area contributed by atoms with E-state index in [1.54, 1.807) is 24.3 Å². The van der Waals surface area contributed by atoms with E-state index in [1.807, 2.05) is 6.92 Å². The van der Waals surface area contributed by atoms with Crippen molar-refractivity contribution in [3.8, 4) is 0 Å². The van der Waals surface area contributed by atoms with Crippen molar-refractivity contribution >= 4 is 29.5 Å². The number of hydrogen-bond acceptors (Lipinski definition) is 5. The van der Waals surface area contributed by atoms with Gasteiger partial charge in [-0.05, 0) is 18.6 Å². The van der Waals surface area contributed by atoms with Crippen molar-refractivity contribution in [3.05, 3.63) is 29.8 Å². The highest BCUT2D eigenvalue weighted by Gasteiger charge is 2.17. The van der Waals surface area contributed by atoms with Gasteiger partial charge in [-0.15, -0.1) is 0 Å². The number of thioether (sulfide) groups is 1. The second-order valence-electron chi connectivity index (χ2n) is 4.65. The predicted octanol–water partition coefficient (Wildman–Crippen LogP) is 1.64. The van der Waals surface area contributed by atoms with Crippen LogP contribution in [0.15, 0.2) is 29.2 Å². The maximum absolute atomic E-state index is 12.3. The molecule has 0 aliphatic carbocycles. The molecule has 0 atom stereocenters. The molecule has 6 nitrogen and oxygen atoms in total. The standard InChI is InChI=1S/C15H20N2O4S/c1-3-6-14(19)21-10-22-12-8-5-4-7-11(12)15(20)17(2)9-13(16)18/h4-5,7-8H,3,6,9-10H2,1-2H3,(H2,16,18). The van der Waals surface area contributed by atoms with Crippen LogP contribution in [-0.4, -0.2) is 42.2 Å². The first-order chi connectivity index (χ1) is 10.5. The summed E-state index contributed by atoms with van der Waals surface area (Å²) in [5, 5.41) is 0. The number of esters is 1. The van der Waals surface area contributed by atoms with Gasteiger partial charge in [-0.25, -0.2) is 0 Å². The summed E-state index contributed by atoms with van der Waals surface area (Å²) >= 11 is 1.26. The molecule has 0 bridgehead atoms. The highest BCUT2D eigenvalue weighted by molar-refractivity contribution is 7.99. The monoisotopic (exact) mass is 324 g/mol. The Labute approximate surface area is 134 Å². The van der Waals surface area contributed by atoms with E-state index in [-0.39, 0.29) is 24.4 Å². The average molecular weight is 324 g/mol. The van der Waals surface area contributed by atoms with Crippen LogP contribution in [-0.2, 0) is 14.3 Å². The average Bonchev–Trinajstić information content (AvgIpc) is 2.46. The second-order valence-corrected chi connectivity index (χ2v) is 5.62. The summed E-state index contributed by atoms with van der Waals surface area (Å²) in [5.41, 5.74) is 5.54. The molecule has 1 rings (SSSR count). The van der Waals surface area contributed by atoms with Gasteiger partial charge < -0.3 is 15.4 Å². The van der Waals surface area contributed by atoms with Crippen molar-refractivity contribution in [3.63, 3.8) is 0 Å². The molecule has 0 saturated heterocycles. The zero-order valence-corrected chi connectivity index (χ0v) is 13.5. The molecule has 0 radical (unpaired) electrons. The molecule has 0 unspecified atom stereocenters. The lowest BCUT2D eigenvalue weighted by Gasteiger charge is -2.17. The summed E-state index contributed by atoms with van der Waals surface area (Å²) in [6.45, 7) is 1.75. The third-order valence-corrected chi connectivity index (χ3v) is 3.65. The van der Waals surface area contributed by atoms with Crippen LogP contribution in [0.5, 0.6) is 0 Å². The minimum absolute atomic E-state index is 0.142. The highest BCUT2D eigenvalue weighted by Crippen LogP contribution is 2.24. The van der Waals surface area contributed by atoms with Gasteiger partial charge in [0.15, 0.2) is 0 Å². The van der Waals surface area contributed by atoms with Gasteiger partial charge >= 0.3 is 5.97 Å². The van der Waals surface area contributed by atoms with Gasteiger partial charge in [0, 0.05) is 18.4 Å². The molecule has 0 saturated carbocycles. The van der Waals surface area contributed by atoms with Crippen molar-refractivity contribution in [1.29, 1.82) is 0 Å². The van der Waals surface area contributed by atoms with Crippen molar-refractivity contribution in [2.45, 2.75) is 24.7 Å². The van der Waals surface area contributed by atoms with Crippen LogP contribution in [0, 0.1) is 0 Å². The van der Waals surface area contributed by atoms with E-state index in [2.05, 4.69) is 0 Å². The van der Waals surface area contributed by atoms with E-state index in [0.29, 0.717) is 16.9 Å². The Morgan fingerprint density at radius 2 is 1.95 bits per heavy atom. The topological polar surface area (TPSA) is 89.7 Å². The van der Waals surface area contributed by atoms with Gasteiger partial charge in [0.25, 0.3) is 5.91 Å². The molecule has 1 aromatic rings. The largest absolute Gasteiger partial charge is 0.454 e. The number of likely N-dealkylation sites (N-methyl/N-ethyl adjacent to an activating group) is 1. The van der Waals surface area contributed by atoms with Gasteiger partial charge in [0.1, 0.15) is 5.94 Å². The lowest BCUT2D eigenvalue weighted by Crippen LogP contribution is -2.35. The Bertz CT molecular complexity index is 548. The zero-order valence-electron chi connectivity index (χ0n) is 12.7. The molecule has 120 valence electrons. The molecule has 22 heavy (non-hydrogen) atoms. The Kier molecular flexibility index (Phi) is 7.45. The first-order valence-corrected chi connectivity index (χ1v) is 7.85. The van der Waals surface area contributed by atoms with Crippen LogP contribution in [0.1, 0.15) is 30.1 Å². The van der Waals surface area contributed by atoms with Crippen LogP contribution < -0.4 is 5.73 Å². The van der Waals surface area contributed by atoms with E-state index in [0.717, 1.165) is 6.42 Å². The number of ether oxygens (including phenoxy) is 1. The van der Waals surface area contributed by atoms with Crippen LogP contribution in [0.25, 0.3) is 0 Å². The van der Waals surface area contributed by atoms with Gasteiger partial charge in [-0.1, -0.05) is 30.8 Å². The summed E-state index contributed by atoms with van der Waals surface area (Å²) in [4.78, 5) is 36.5. The number of rotatable bonds is 8. The molecule has 0 spiro atoms. The number of carbonyl (C=O) groups is 3. The number of hydrogen-bond donors (Lipinski definition) is 1. The van der Waals surface area contributed by atoms with Gasteiger partial charge in [0.05, 0.1) is 12.1 Å². The summed E-state index contributed by atoms with van der Waals surface area (Å²) in [7, 11) is 1.51. The Balaban J connectivity index is 2.71. The third-order valence-electron chi connectivity index (χ3n) is 2.75. The highest BCUT2D eigenvalue weighted by atomic mass is 32.2. The lowest BCUT2D eigenvalue weighted by atomic mass is 10.2. The Morgan fingerprint density at radius 3 is 2.59 bits per heavy atom. The van der Waals surface area contributed by atoms with E-state index in [1.165, 1.54) is 23.7 Å². The van der Waals surface area contributed by atoms with E-state index >= 15 is 0 Å². The summed E-state index contributed by atoms with van der Waals surface area (Å²) in [6.07, 6.45) is 1.11. The van der Waals surface area contributed by atoms with E-state index in [9.17, 15) is 14.4 Å². The molecule has 0 heterocycles. The number of benzene rings is 1. The number of amides is 2. The molecule has 1 aromatic carbocycles. The van der Waals surface area contributed by atoms with E-state index < -0.39 is 5.91 Å². The van der Waals surface area contributed by atoms with Crippen LogP contribution in [0.2, 0.25) is 0 Å². The summed E-state index contributed by atoms with van der Waals surface area (Å²) in [6, 6.07) is 6.96. The quantitative estimate of drug-likeness (QED) is 0.446. The smallest absolute Gasteiger partial charge is 0.306 e. The summed E-state index contributed by atoms with van der Waals surface area (Å²) < 4.78 is 5.07. The molecule has 0 aliphatic rings. The van der Waals surface area contributed by atoms with Crippen LogP contribution in [0.3, 0.4) is 0 Å². The minimum atomic E-state index is -0.575. The first-order valence-electron chi connectivity index (χ1n) is 6.87. The number of nitrogens with two attached hydrogens (primary N) is 1. The van der Waals surface area contributed by atoms with Gasteiger partial charge in [-0.3, -0.25) is 14.4 Å². The van der Waals surface area contributed by atoms with Crippen LogP contribution in [0.4, 0.5) is 0 Å². The molecular formula is C15H20N2O4S. The number of nitrogens with zero attached hydrogens (tertiary/aromatic N) is 1. The third kappa shape index (κ3) is 5.77. The van der Waals surface area contributed by atoms with Gasteiger partial charge in [0.2, 0.25) is 5.91 Å².